The zero-order chi connectivity index (χ0) is 12.5. The molecule has 0 amide bonds. The third kappa shape index (κ3) is 2.03. The summed E-state index contributed by atoms with van der Waals surface area (Å²) in [4.78, 5) is 2.46. The molecule has 0 N–H and O–H groups in total. The summed E-state index contributed by atoms with van der Waals surface area (Å²) < 4.78 is 15.6. The highest BCUT2D eigenvalue weighted by Gasteiger charge is 2.15. The molecule has 1 aliphatic rings. The molecule has 0 spiro atoms. The summed E-state index contributed by atoms with van der Waals surface area (Å²) in [5, 5.41) is 1.07. The van der Waals surface area contributed by atoms with Gasteiger partial charge in [0.15, 0.2) is 0 Å². The zero-order valence-corrected chi connectivity index (χ0v) is 10.8. The molecular formula is C15H19FN2. The number of fused-ring (bicyclic) bond motifs is 1. The van der Waals surface area contributed by atoms with Crippen molar-refractivity contribution in [1.82, 2.24) is 9.47 Å². The van der Waals surface area contributed by atoms with Crippen LogP contribution in [0.2, 0.25) is 0 Å². The number of aryl methyl sites for hydroxylation is 1. The Morgan fingerprint density at radius 3 is 2.72 bits per heavy atom. The summed E-state index contributed by atoms with van der Waals surface area (Å²) in [7, 11) is 0. The van der Waals surface area contributed by atoms with E-state index in [0.29, 0.717) is 0 Å². The van der Waals surface area contributed by atoms with Crippen LogP contribution in [0.5, 0.6) is 0 Å². The largest absolute Gasteiger partial charge is 0.347 e. The van der Waals surface area contributed by atoms with Crippen LogP contribution in [-0.4, -0.2) is 22.6 Å². The second-order valence-corrected chi connectivity index (χ2v) is 5.09. The van der Waals surface area contributed by atoms with Crippen LogP contribution in [0, 0.1) is 5.82 Å². The van der Waals surface area contributed by atoms with Gasteiger partial charge >= 0.3 is 0 Å². The fraction of sp³-hybridized carbons (Fsp3) is 0.467. The highest BCUT2D eigenvalue weighted by molar-refractivity contribution is 5.84. The van der Waals surface area contributed by atoms with Gasteiger partial charge in [-0.2, -0.15) is 0 Å². The van der Waals surface area contributed by atoms with E-state index < -0.39 is 0 Å². The standard InChI is InChI=1S/C15H19FN2/c1-2-18-11-12(10-17-7-3-4-8-17)14-9-13(16)5-6-15(14)18/h5-6,9,11H,2-4,7-8,10H2,1H3. The van der Waals surface area contributed by atoms with Gasteiger partial charge in [0.05, 0.1) is 0 Å². The monoisotopic (exact) mass is 246 g/mol. The molecule has 1 fully saturated rings. The van der Waals surface area contributed by atoms with E-state index in [1.165, 1.54) is 31.5 Å². The van der Waals surface area contributed by atoms with E-state index in [1.807, 2.05) is 6.07 Å². The summed E-state index contributed by atoms with van der Waals surface area (Å²) in [5.74, 6) is -0.140. The van der Waals surface area contributed by atoms with Crippen molar-refractivity contribution < 1.29 is 4.39 Å². The number of halogens is 1. The maximum atomic E-state index is 13.4. The maximum Gasteiger partial charge on any atom is 0.123 e. The summed E-state index contributed by atoms with van der Waals surface area (Å²) in [5.41, 5.74) is 2.40. The SMILES string of the molecule is CCn1cc(CN2CCCC2)c2cc(F)ccc21. The maximum absolute atomic E-state index is 13.4. The molecule has 2 aromatic rings. The summed E-state index contributed by atoms with van der Waals surface area (Å²) in [6.07, 6.45) is 4.77. The molecule has 1 aromatic heterocycles. The molecule has 0 unspecified atom stereocenters. The van der Waals surface area contributed by atoms with Gasteiger partial charge in [-0.25, -0.2) is 4.39 Å². The fourth-order valence-corrected chi connectivity index (χ4v) is 2.91. The topological polar surface area (TPSA) is 8.17 Å². The first-order chi connectivity index (χ1) is 8.78. The van der Waals surface area contributed by atoms with Gasteiger partial charge in [0.1, 0.15) is 5.82 Å². The first kappa shape index (κ1) is 11.7. The lowest BCUT2D eigenvalue weighted by atomic mass is 10.1. The second-order valence-electron chi connectivity index (χ2n) is 5.09. The third-order valence-electron chi connectivity index (χ3n) is 3.86. The Bertz CT molecular complexity index is 553. The summed E-state index contributed by atoms with van der Waals surface area (Å²) in [6.45, 7) is 6.36. The number of hydrogen-bond donors (Lipinski definition) is 0. The first-order valence-electron chi connectivity index (χ1n) is 6.77. The molecular weight excluding hydrogens is 227 g/mol. The predicted molar refractivity (Wildman–Crippen MR) is 72.1 cm³/mol. The number of rotatable bonds is 3. The van der Waals surface area contributed by atoms with Crippen LogP contribution in [0.3, 0.4) is 0 Å². The van der Waals surface area contributed by atoms with Crippen LogP contribution in [0.15, 0.2) is 24.4 Å². The minimum Gasteiger partial charge on any atom is -0.347 e. The van der Waals surface area contributed by atoms with Gasteiger partial charge in [-0.3, -0.25) is 4.90 Å². The van der Waals surface area contributed by atoms with Crippen molar-refractivity contribution >= 4 is 10.9 Å². The highest BCUT2D eigenvalue weighted by Crippen LogP contribution is 2.25. The van der Waals surface area contributed by atoms with Gasteiger partial charge < -0.3 is 4.57 Å². The van der Waals surface area contributed by atoms with Gasteiger partial charge in [0.2, 0.25) is 0 Å². The quantitative estimate of drug-likeness (QED) is 0.806. The summed E-state index contributed by atoms with van der Waals surface area (Å²) >= 11 is 0. The normalized spacial score (nSPS) is 16.8. The smallest absolute Gasteiger partial charge is 0.123 e. The molecule has 0 bridgehead atoms. The van der Waals surface area contributed by atoms with Crippen LogP contribution in [0.1, 0.15) is 25.3 Å². The molecule has 0 atom stereocenters. The number of likely N-dealkylation sites (tertiary alicyclic amines) is 1. The lowest BCUT2D eigenvalue weighted by Gasteiger charge is -2.13. The van der Waals surface area contributed by atoms with Crippen molar-refractivity contribution in [2.45, 2.75) is 32.9 Å². The van der Waals surface area contributed by atoms with Gasteiger partial charge in [-0.15, -0.1) is 0 Å². The van der Waals surface area contributed by atoms with Crippen molar-refractivity contribution in [1.29, 1.82) is 0 Å². The van der Waals surface area contributed by atoms with Crippen LogP contribution in [-0.2, 0) is 13.1 Å². The van der Waals surface area contributed by atoms with Gasteiger partial charge in [-0.05, 0) is 56.6 Å². The molecule has 1 aliphatic heterocycles. The van der Waals surface area contributed by atoms with E-state index in [1.54, 1.807) is 12.1 Å². The average Bonchev–Trinajstić information content (AvgIpc) is 2.98. The molecule has 0 saturated carbocycles. The van der Waals surface area contributed by atoms with E-state index in [4.69, 9.17) is 0 Å². The zero-order valence-electron chi connectivity index (χ0n) is 10.8. The molecule has 18 heavy (non-hydrogen) atoms. The van der Waals surface area contributed by atoms with Crippen molar-refractivity contribution in [2.24, 2.45) is 0 Å². The lowest BCUT2D eigenvalue weighted by molar-refractivity contribution is 0.332. The molecule has 3 heteroatoms. The molecule has 0 aliphatic carbocycles. The fourth-order valence-electron chi connectivity index (χ4n) is 2.91. The first-order valence-corrected chi connectivity index (χ1v) is 6.77. The molecule has 0 radical (unpaired) electrons. The van der Waals surface area contributed by atoms with Crippen molar-refractivity contribution in [3.63, 3.8) is 0 Å². The average molecular weight is 246 g/mol. The van der Waals surface area contributed by atoms with Gasteiger partial charge in [-0.1, -0.05) is 0 Å². The molecule has 96 valence electrons. The Morgan fingerprint density at radius 2 is 2.00 bits per heavy atom. The van der Waals surface area contributed by atoms with E-state index >= 15 is 0 Å². The van der Waals surface area contributed by atoms with E-state index in [2.05, 4.69) is 22.6 Å². The Hall–Kier alpha value is -1.35. The Labute approximate surface area is 107 Å². The number of aromatic nitrogens is 1. The van der Waals surface area contributed by atoms with Crippen LogP contribution in [0.4, 0.5) is 4.39 Å². The second kappa shape index (κ2) is 4.73. The lowest BCUT2D eigenvalue weighted by Crippen LogP contribution is -2.18. The molecule has 1 aromatic carbocycles. The highest BCUT2D eigenvalue weighted by atomic mass is 19.1. The molecule has 2 heterocycles. The predicted octanol–water partition coefficient (Wildman–Crippen LogP) is 3.40. The Morgan fingerprint density at radius 1 is 1.22 bits per heavy atom. The Balaban J connectivity index is 2.01. The van der Waals surface area contributed by atoms with Gasteiger partial charge in [0, 0.05) is 30.2 Å². The van der Waals surface area contributed by atoms with E-state index in [0.717, 1.165) is 24.0 Å². The number of benzene rings is 1. The molecule has 1 saturated heterocycles. The van der Waals surface area contributed by atoms with E-state index in [9.17, 15) is 4.39 Å². The van der Waals surface area contributed by atoms with Crippen molar-refractivity contribution in [2.75, 3.05) is 13.1 Å². The van der Waals surface area contributed by atoms with Crippen LogP contribution >= 0.6 is 0 Å². The minimum absolute atomic E-state index is 0.140. The summed E-state index contributed by atoms with van der Waals surface area (Å²) in [6, 6.07) is 5.11. The molecule has 2 nitrogen and oxygen atoms in total. The molecule has 3 rings (SSSR count). The van der Waals surface area contributed by atoms with Crippen LogP contribution < -0.4 is 0 Å². The van der Waals surface area contributed by atoms with E-state index in [-0.39, 0.29) is 5.82 Å². The number of nitrogens with zero attached hydrogens (tertiary/aromatic N) is 2. The van der Waals surface area contributed by atoms with Crippen LogP contribution in [0.25, 0.3) is 10.9 Å². The van der Waals surface area contributed by atoms with Crippen molar-refractivity contribution in [3.8, 4) is 0 Å². The van der Waals surface area contributed by atoms with Gasteiger partial charge in [0.25, 0.3) is 0 Å². The Kier molecular flexibility index (Phi) is 3.08. The third-order valence-corrected chi connectivity index (χ3v) is 3.86. The number of hydrogen-bond acceptors (Lipinski definition) is 1. The minimum atomic E-state index is -0.140. The van der Waals surface area contributed by atoms with Crippen molar-refractivity contribution in [3.05, 3.63) is 35.8 Å².